The van der Waals surface area contributed by atoms with Crippen LogP contribution in [0.5, 0.6) is 5.75 Å². The van der Waals surface area contributed by atoms with E-state index < -0.39 is 17.7 Å². The van der Waals surface area contributed by atoms with Crippen molar-refractivity contribution in [2.24, 2.45) is 0 Å². The summed E-state index contributed by atoms with van der Waals surface area (Å²) in [5.74, 6) is -0.622. The van der Waals surface area contributed by atoms with E-state index in [1.165, 1.54) is 11.2 Å². The van der Waals surface area contributed by atoms with Crippen molar-refractivity contribution in [2.45, 2.75) is 32.2 Å². The van der Waals surface area contributed by atoms with Crippen molar-refractivity contribution in [2.75, 3.05) is 49.6 Å². The van der Waals surface area contributed by atoms with Crippen molar-refractivity contribution < 1.29 is 23.8 Å². The van der Waals surface area contributed by atoms with Crippen LogP contribution in [0.4, 0.5) is 11.4 Å². The highest BCUT2D eigenvalue weighted by Crippen LogP contribution is 2.42. The minimum absolute atomic E-state index is 0.00490. The van der Waals surface area contributed by atoms with E-state index in [0.29, 0.717) is 29.4 Å². The van der Waals surface area contributed by atoms with Crippen molar-refractivity contribution in [3.8, 4) is 5.75 Å². The highest BCUT2D eigenvalue weighted by Gasteiger charge is 2.48. The third kappa shape index (κ3) is 5.56. The number of ether oxygens (including phenoxy) is 1. The van der Waals surface area contributed by atoms with Gasteiger partial charge in [-0.1, -0.05) is 19.8 Å². The van der Waals surface area contributed by atoms with Gasteiger partial charge >= 0.3 is 0 Å². The second-order valence-electron chi connectivity index (χ2n) is 10.1. The zero-order valence-electron chi connectivity index (χ0n) is 22.5. The Labute approximate surface area is 229 Å². The van der Waals surface area contributed by atoms with Gasteiger partial charge in [-0.25, -0.2) is 0 Å². The number of nitrogens with zero attached hydrogens (tertiary/aromatic N) is 3. The molecule has 0 aliphatic carbocycles. The summed E-state index contributed by atoms with van der Waals surface area (Å²) in [6.45, 7) is 6.59. The Morgan fingerprint density at radius 1 is 0.949 bits per heavy atom. The number of benzene rings is 2. The summed E-state index contributed by atoms with van der Waals surface area (Å²) in [4.78, 5) is 32.7. The first-order chi connectivity index (χ1) is 19.0. The van der Waals surface area contributed by atoms with Gasteiger partial charge in [-0.05, 0) is 74.1 Å². The topological polar surface area (TPSA) is 86.5 Å². The van der Waals surface area contributed by atoms with Crippen LogP contribution in [-0.2, 0) is 9.59 Å². The maximum atomic E-state index is 13.4. The molecule has 0 bridgehead atoms. The van der Waals surface area contributed by atoms with Gasteiger partial charge in [0.15, 0.2) is 0 Å². The molecule has 0 saturated carbocycles. The van der Waals surface area contributed by atoms with E-state index in [0.717, 1.165) is 51.1 Å². The Morgan fingerprint density at radius 3 is 2.28 bits per heavy atom. The summed E-state index contributed by atoms with van der Waals surface area (Å²) in [6, 6.07) is 17.1. The molecule has 5 rings (SSSR count). The molecule has 8 heteroatoms. The summed E-state index contributed by atoms with van der Waals surface area (Å²) in [6.07, 6.45) is 4.69. The predicted molar refractivity (Wildman–Crippen MR) is 151 cm³/mol. The Balaban J connectivity index is 1.44. The Morgan fingerprint density at radius 2 is 1.64 bits per heavy atom. The lowest BCUT2D eigenvalue weighted by Gasteiger charge is -2.34. The van der Waals surface area contributed by atoms with Gasteiger partial charge in [0, 0.05) is 43.1 Å². The number of furan rings is 1. The number of carbonyl (C=O) groups is 2. The Bertz CT molecular complexity index is 1310. The van der Waals surface area contributed by atoms with Gasteiger partial charge in [0.05, 0.1) is 18.4 Å². The van der Waals surface area contributed by atoms with Gasteiger partial charge in [-0.2, -0.15) is 0 Å². The molecule has 0 radical (unpaired) electrons. The number of aliphatic hydroxyl groups excluding tert-OH is 1. The van der Waals surface area contributed by atoms with Crippen LogP contribution in [0.1, 0.15) is 43.6 Å². The number of likely N-dealkylation sites (N-methyl/N-ethyl adjacent to an activating group) is 1. The minimum Gasteiger partial charge on any atom is -0.507 e. The van der Waals surface area contributed by atoms with Crippen LogP contribution in [0.25, 0.3) is 5.76 Å². The number of piperazine rings is 1. The number of ketones is 1. The summed E-state index contributed by atoms with van der Waals surface area (Å²) < 4.78 is 11.4. The molecule has 2 fully saturated rings. The normalized spacial score (nSPS) is 19.6. The maximum absolute atomic E-state index is 13.4. The fourth-order valence-corrected chi connectivity index (χ4v) is 5.11. The second-order valence-corrected chi connectivity index (χ2v) is 10.1. The molecule has 1 aromatic heterocycles. The number of rotatable bonds is 9. The van der Waals surface area contributed by atoms with Gasteiger partial charge in [0.1, 0.15) is 23.3 Å². The fraction of sp³-hybridized carbons (Fsp3) is 0.355. The van der Waals surface area contributed by atoms with Crippen molar-refractivity contribution in [3.05, 3.63) is 83.8 Å². The quantitative estimate of drug-likeness (QED) is 0.176. The molecule has 204 valence electrons. The Kier molecular flexibility index (Phi) is 8.02. The van der Waals surface area contributed by atoms with Crippen LogP contribution >= 0.6 is 0 Å². The van der Waals surface area contributed by atoms with Gasteiger partial charge in [-0.15, -0.1) is 0 Å². The molecule has 1 N–H and O–H groups in total. The molecular weight excluding hydrogens is 494 g/mol. The predicted octanol–water partition coefficient (Wildman–Crippen LogP) is 5.23. The molecule has 39 heavy (non-hydrogen) atoms. The first-order valence-corrected chi connectivity index (χ1v) is 13.6. The minimum atomic E-state index is -0.889. The summed E-state index contributed by atoms with van der Waals surface area (Å²) in [7, 11) is 2.11. The largest absolute Gasteiger partial charge is 0.507 e. The zero-order valence-corrected chi connectivity index (χ0v) is 22.5. The average Bonchev–Trinajstić information content (AvgIpc) is 3.58. The third-order valence-electron chi connectivity index (χ3n) is 7.40. The molecule has 2 aliphatic heterocycles. The van der Waals surface area contributed by atoms with Crippen molar-refractivity contribution >= 4 is 28.8 Å². The first-order valence-electron chi connectivity index (χ1n) is 13.6. The summed E-state index contributed by atoms with van der Waals surface area (Å²) in [5, 5.41) is 11.3. The zero-order chi connectivity index (χ0) is 27.4. The first kappa shape index (κ1) is 26.6. The van der Waals surface area contributed by atoms with Crippen LogP contribution < -0.4 is 14.5 Å². The van der Waals surface area contributed by atoms with Gasteiger partial charge in [0.25, 0.3) is 11.7 Å². The molecular formula is C31H35N3O5. The van der Waals surface area contributed by atoms with Gasteiger partial charge < -0.3 is 24.1 Å². The highest BCUT2D eigenvalue weighted by atomic mass is 16.5. The molecule has 3 heterocycles. The number of anilines is 2. The standard InChI is InChI=1S/C31H35N3O5/c1-3-4-5-20-38-25-14-8-22(9-15-25)29(35)27-28(26-7-6-21-39-26)34(31(37)30(27)36)24-12-10-23(11-13-24)33-18-16-32(2)17-19-33/h6-15,21,28,35H,3-5,16-20H2,1-2H3/b29-27-. The smallest absolute Gasteiger partial charge is 0.300 e. The number of unbranched alkanes of at least 4 members (excludes halogenated alkanes) is 2. The van der Waals surface area contributed by atoms with E-state index in [-0.39, 0.29) is 11.3 Å². The third-order valence-corrected chi connectivity index (χ3v) is 7.40. The van der Waals surface area contributed by atoms with Crippen molar-refractivity contribution in [3.63, 3.8) is 0 Å². The number of Topliss-reactive ketones (excluding diaryl/α,β-unsaturated/α-hetero) is 1. The molecule has 8 nitrogen and oxygen atoms in total. The highest BCUT2D eigenvalue weighted by molar-refractivity contribution is 6.51. The van der Waals surface area contributed by atoms with Crippen LogP contribution in [0.2, 0.25) is 0 Å². The molecule has 1 atom stereocenters. The van der Waals surface area contributed by atoms with Crippen LogP contribution in [-0.4, -0.2) is 61.5 Å². The van der Waals surface area contributed by atoms with Crippen LogP contribution in [0.15, 0.2) is 76.9 Å². The summed E-state index contributed by atoms with van der Waals surface area (Å²) in [5.41, 5.74) is 2.05. The molecule has 1 unspecified atom stereocenters. The number of amides is 1. The van der Waals surface area contributed by atoms with Gasteiger partial charge in [0.2, 0.25) is 0 Å². The molecule has 2 aromatic carbocycles. The lowest BCUT2D eigenvalue weighted by molar-refractivity contribution is -0.132. The summed E-state index contributed by atoms with van der Waals surface area (Å²) >= 11 is 0. The Hall–Kier alpha value is -4.04. The monoisotopic (exact) mass is 529 g/mol. The van der Waals surface area contributed by atoms with E-state index in [9.17, 15) is 14.7 Å². The van der Waals surface area contributed by atoms with Crippen molar-refractivity contribution in [1.82, 2.24) is 4.90 Å². The number of hydrogen-bond acceptors (Lipinski definition) is 7. The molecule has 0 spiro atoms. The van der Waals surface area contributed by atoms with Crippen LogP contribution in [0.3, 0.4) is 0 Å². The second kappa shape index (κ2) is 11.8. The fourth-order valence-electron chi connectivity index (χ4n) is 5.11. The average molecular weight is 530 g/mol. The van der Waals surface area contributed by atoms with E-state index in [1.54, 1.807) is 36.4 Å². The molecule has 2 saturated heterocycles. The lowest BCUT2D eigenvalue weighted by Crippen LogP contribution is -2.44. The molecule has 1 amide bonds. The van der Waals surface area contributed by atoms with Gasteiger partial charge in [-0.3, -0.25) is 14.5 Å². The van der Waals surface area contributed by atoms with E-state index in [2.05, 4.69) is 23.8 Å². The number of hydrogen-bond donors (Lipinski definition) is 1. The van der Waals surface area contributed by atoms with E-state index >= 15 is 0 Å². The number of aliphatic hydroxyl groups is 1. The lowest BCUT2D eigenvalue weighted by atomic mass is 9.99. The van der Waals surface area contributed by atoms with E-state index in [1.807, 2.05) is 24.3 Å². The molecule has 2 aliphatic rings. The number of carbonyl (C=O) groups excluding carboxylic acids is 2. The van der Waals surface area contributed by atoms with Crippen LogP contribution in [0, 0.1) is 0 Å². The molecule has 3 aromatic rings. The SMILES string of the molecule is CCCCCOc1ccc(/C(O)=C2/C(=O)C(=O)N(c3ccc(N4CCN(C)CC4)cc3)C2c2ccco2)cc1. The maximum Gasteiger partial charge on any atom is 0.300 e. The van der Waals surface area contributed by atoms with E-state index in [4.69, 9.17) is 9.15 Å². The van der Waals surface area contributed by atoms with Crippen molar-refractivity contribution in [1.29, 1.82) is 0 Å².